The van der Waals surface area contributed by atoms with Gasteiger partial charge in [-0.1, -0.05) is 24.3 Å². The molecule has 1 aromatic heterocycles. The van der Waals surface area contributed by atoms with Crippen molar-refractivity contribution in [1.29, 1.82) is 0 Å². The van der Waals surface area contributed by atoms with Crippen LogP contribution in [0.2, 0.25) is 0 Å². The Morgan fingerprint density at radius 3 is 2.75 bits per heavy atom. The Bertz CT molecular complexity index is 616. The van der Waals surface area contributed by atoms with Gasteiger partial charge in [-0.15, -0.1) is 0 Å². The van der Waals surface area contributed by atoms with E-state index in [2.05, 4.69) is 10.3 Å². The average molecular weight is 274 g/mol. The molecular weight excluding hydrogens is 259 g/mol. The van der Waals surface area contributed by atoms with Crippen molar-refractivity contribution < 1.29 is 14.3 Å². The van der Waals surface area contributed by atoms with Gasteiger partial charge in [-0.05, 0) is 25.1 Å². The van der Waals surface area contributed by atoms with E-state index in [1.54, 1.807) is 30.3 Å². The number of hydrogen-bond donors (Lipinski definition) is 2. The molecule has 104 valence electrons. The Hall–Kier alpha value is -2.27. The molecule has 2 N–H and O–H groups in total. The second-order valence-electron chi connectivity index (χ2n) is 4.44. The highest BCUT2D eigenvalue weighted by Crippen LogP contribution is 2.16. The van der Waals surface area contributed by atoms with Crippen LogP contribution in [-0.4, -0.2) is 16.1 Å². The number of carboxylic acids is 1. The Labute approximate surface area is 116 Å². The van der Waals surface area contributed by atoms with Crippen LogP contribution >= 0.6 is 0 Å². The molecule has 0 aliphatic rings. The Morgan fingerprint density at radius 2 is 2.05 bits per heavy atom. The molecule has 1 atom stereocenters. The smallest absolute Gasteiger partial charge is 0.354 e. The molecule has 0 spiro atoms. The third-order valence-corrected chi connectivity index (χ3v) is 2.99. The second-order valence-corrected chi connectivity index (χ2v) is 4.44. The highest BCUT2D eigenvalue weighted by atomic mass is 19.1. The van der Waals surface area contributed by atoms with E-state index < -0.39 is 5.97 Å². The number of nitrogens with zero attached hydrogens (tertiary/aromatic N) is 1. The third-order valence-electron chi connectivity index (χ3n) is 2.99. The summed E-state index contributed by atoms with van der Waals surface area (Å²) in [7, 11) is 0. The van der Waals surface area contributed by atoms with Crippen LogP contribution in [0.1, 0.15) is 34.7 Å². The number of carbonyl (C=O) groups is 1. The van der Waals surface area contributed by atoms with Crippen LogP contribution < -0.4 is 5.32 Å². The molecule has 1 aromatic carbocycles. The highest BCUT2D eigenvalue weighted by Gasteiger charge is 2.10. The normalized spacial score (nSPS) is 12.1. The number of carboxylic acid groups (broad SMARTS) is 1. The number of benzene rings is 1. The van der Waals surface area contributed by atoms with Crippen LogP contribution in [0.3, 0.4) is 0 Å². The predicted molar refractivity (Wildman–Crippen MR) is 72.9 cm³/mol. The summed E-state index contributed by atoms with van der Waals surface area (Å²) in [6, 6.07) is 11.2. The number of aromatic carboxylic acids is 1. The zero-order valence-electron chi connectivity index (χ0n) is 11.0. The van der Waals surface area contributed by atoms with Crippen LogP contribution in [0.25, 0.3) is 0 Å². The lowest BCUT2D eigenvalue weighted by Crippen LogP contribution is -2.20. The lowest BCUT2D eigenvalue weighted by Gasteiger charge is -2.14. The van der Waals surface area contributed by atoms with Gasteiger partial charge < -0.3 is 10.4 Å². The van der Waals surface area contributed by atoms with E-state index in [0.717, 1.165) is 0 Å². The van der Waals surface area contributed by atoms with Gasteiger partial charge in [0, 0.05) is 18.2 Å². The molecule has 0 radical (unpaired) electrons. The quantitative estimate of drug-likeness (QED) is 0.880. The lowest BCUT2D eigenvalue weighted by molar-refractivity contribution is 0.0690. The third kappa shape index (κ3) is 3.39. The van der Waals surface area contributed by atoms with E-state index in [9.17, 15) is 9.18 Å². The van der Waals surface area contributed by atoms with Gasteiger partial charge in [0.25, 0.3) is 0 Å². The first-order valence-corrected chi connectivity index (χ1v) is 6.25. The van der Waals surface area contributed by atoms with Gasteiger partial charge in [-0.2, -0.15) is 0 Å². The minimum Gasteiger partial charge on any atom is -0.477 e. The first-order valence-electron chi connectivity index (χ1n) is 6.25. The molecule has 0 bridgehead atoms. The summed E-state index contributed by atoms with van der Waals surface area (Å²) in [5.41, 5.74) is 1.18. The summed E-state index contributed by atoms with van der Waals surface area (Å²) in [5.74, 6) is -1.33. The Balaban J connectivity index is 2.04. The van der Waals surface area contributed by atoms with Crippen molar-refractivity contribution >= 4 is 5.97 Å². The fourth-order valence-electron chi connectivity index (χ4n) is 1.89. The molecule has 2 rings (SSSR count). The molecule has 5 heteroatoms. The van der Waals surface area contributed by atoms with Gasteiger partial charge in [0.05, 0.1) is 5.69 Å². The Morgan fingerprint density at radius 1 is 1.30 bits per heavy atom. The van der Waals surface area contributed by atoms with Crippen molar-refractivity contribution in [1.82, 2.24) is 10.3 Å². The number of aromatic nitrogens is 1. The van der Waals surface area contributed by atoms with E-state index in [4.69, 9.17) is 5.11 Å². The molecule has 2 aromatic rings. The molecule has 0 fully saturated rings. The molecule has 0 aliphatic carbocycles. The van der Waals surface area contributed by atoms with E-state index in [1.807, 2.05) is 6.92 Å². The summed E-state index contributed by atoms with van der Waals surface area (Å²) in [6.45, 7) is 2.22. The van der Waals surface area contributed by atoms with E-state index in [1.165, 1.54) is 12.1 Å². The molecule has 0 amide bonds. The maximum Gasteiger partial charge on any atom is 0.354 e. The summed E-state index contributed by atoms with van der Waals surface area (Å²) in [6.07, 6.45) is 0. The molecule has 0 saturated heterocycles. The van der Waals surface area contributed by atoms with Crippen LogP contribution in [0.5, 0.6) is 0 Å². The summed E-state index contributed by atoms with van der Waals surface area (Å²) < 4.78 is 13.6. The van der Waals surface area contributed by atoms with E-state index in [-0.39, 0.29) is 17.6 Å². The van der Waals surface area contributed by atoms with Gasteiger partial charge in [0.2, 0.25) is 0 Å². The number of rotatable bonds is 5. The number of nitrogens with one attached hydrogen (secondary N) is 1. The highest BCUT2D eigenvalue weighted by molar-refractivity contribution is 5.85. The number of pyridine rings is 1. The van der Waals surface area contributed by atoms with Crippen molar-refractivity contribution in [3.8, 4) is 0 Å². The van der Waals surface area contributed by atoms with Crippen molar-refractivity contribution in [2.45, 2.75) is 19.5 Å². The first kappa shape index (κ1) is 14.1. The maximum atomic E-state index is 13.6. The zero-order valence-corrected chi connectivity index (χ0v) is 11.0. The molecular formula is C15H15FN2O2. The van der Waals surface area contributed by atoms with Gasteiger partial charge in [-0.3, -0.25) is 0 Å². The SMILES string of the molecule is C[C@@H](NCc1cccc(C(=O)O)n1)c1ccccc1F. The minimum absolute atomic E-state index is 0.00263. The summed E-state index contributed by atoms with van der Waals surface area (Å²) in [4.78, 5) is 14.8. The topological polar surface area (TPSA) is 62.2 Å². The van der Waals surface area contributed by atoms with Gasteiger partial charge in [-0.25, -0.2) is 14.2 Å². The van der Waals surface area contributed by atoms with Crippen molar-refractivity contribution in [2.75, 3.05) is 0 Å². The number of halogens is 1. The molecule has 1 heterocycles. The minimum atomic E-state index is -1.06. The van der Waals surface area contributed by atoms with Gasteiger partial charge >= 0.3 is 5.97 Å². The standard InChI is InChI=1S/C15H15FN2O2/c1-10(12-6-2-3-7-13(12)16)17-9-11-5-4-8-14(18-11)15(19)20/h2-8,10,17H,9H2,1H3,(H,19,20)/t10-/m1/s1. The molecule has 0 unspecified atom stereocenters. The van der Waals surface area contributed by atoms with Crippen molar-refractivity contribution in [3.63, 3.8) is 0 Å². The van der Waals surface area contributed by atoms with Gasteiger partial charge in [0.1, 0.15) is 11.5 Å². The fourth-order valence-corrected chi connectivity index (χ4v) is 1.89. The maximum absolute atomic E-state index is 13.6. The van der Waals surface area contributed by atoms with Crippen LogP contribution in [0.15, 0.2) is 42.5 Å². The van der Waals surface area contributed by atoms with E-state index >= 15 is 0 Å². The average Bonchev–Trinajstić information content (AvgIpc) is 2.45. The number of hydrogen-bond acceptors (Lipinski definition) is 3. The van der Waals surface area contributed by atoms with Crippen molar-refractivity contribution in [3.05, 3.63) is 65.2 Å². The predicted octanol–water partition coefficient (Wildman–Crippen LogP) is 2.77. The summed E-state index contributed by atoms with van der Waals surface area (Å²) >= 11 is 0. The van der Waals surface area contributed by atoms with Gasteiger partial charge in [0.15, 0.2) is 0 Å². The Kier molecular flexibility index (Phi) is 4.42. The lowest BCUT2D eigenvalue weighted by atomic mass is 10.1. The van der Waals surface area contributed by atoms with Crippen LogP contribution in [-0.2, 0) is 6.54 Å². The zero-order chi connectivity index (χ0) is 14.5. The molecule has 4 nitrogen and oxygen atoms in total. The fraction of sp³-hybridized carbons (Fsp3) is 0.200. The van der Waals surface area contributed by atoms with Crippen LogP contribution in [0, 0.1) is 5.82 Å². The second kappa shape index (κ2) is 6.25. The monoisotopic (exact) mass is 274 g/mol. The largest absolute Gasteiger partial charge is 0.477 e. The first-order chi connectivity index (χ1) is 9.58. The molecule has 20 heavy (non-hydrogen) atoms. The van der Waals surface area contributed by atoms with E-state index in [0.29, 0.717) is 17.8 Å². The van der Waals surface area contributed by atoms with Crippen LogP contribution in [0.4, 0.5) is 4.39 Å². The summed E-state index contributed by atoms with van der Waals surface area (Å²) in [5, 5.41) is 12.0. The molecule has 0 aliphatic heterocycles. The van der Waals surface area contributed by atoms with Crippen molar-refractivity contribution in [2.24, 2.45) is 0 Å². The molecule has 0 saturated carbocycles.